The van der Waals surface area contributed by atoms with Crippen molar-refractivity contribution >= 4 is 23.9 Å². The molecule has 0 unspecified atom stereocenters. The largest absolute Gasteiger partial charge is 0.338 e. The number of fused-ring (bicyclic) bond motifs is 5. The minimum atomic E-state index is 0. The summed E-state index contributed by atoms with van der Waals surface area (Å²) in [5.41, 5.74) is 14.1. The van der Waals surface area contributed by atoms with Gasteiger partial charge in [-0.1, -0.05) is 66.7 Å². The van der Waals surface area contributed by atoms with Crippen LogP contribution < -0.4 is 11.1 Å². The van der Waals surface area contributed by atoms with E-state index in [1.165, 1.54) is 0 Å². The summed E-state index contributed by atoms with van der Waals surface area (Å²) in [4.78, 5) is 9.86. The van der Waals surface area contributed by atoms with E-state index >= 15 is 0 Å². The molecule has 1 aliphatic rings. The molecule has 5 nitrogen and oxygen atoms in total. The number of pyridine rings is 1. The zero-order chi connectivity index (χ0) is 21.5. The summed E-state index contributed by atoms with van der Waals surface area (Å²) in [6.45, 7) is 0.514. The molecule has 0 atom stereocenters. The van der Waals surface area contributed by atoms with Gasteiger partial charge in [-0.25, -0.2) is 9.97 Å². The van der Waals surface area contributed by atoms with E-state index < -0.39 is 0 Å². The molecular weight excluding hydrogens is 430 g/mol. The zero-order valence-electron chi connectivity index (χ0n) is 17.8. The number of nitrogens with zero attached hydrogens (tertiary/aromatic N) is 3. The van der Waals surface area contributed by atoms with Crippen molar-refractivity contribution in [2.75, 3.05) is 5.32 Å². The molecule has 3 aromatic carbocycles. The Morgan fingerprint density at radius 2 is 1.55 bits per heavy atom. The maximum Gasteiger partial charge on any atom is 0.154 e. The highest BCUT2D eigenvalue weighted by atomic mass is 35.5. The third-order valence-corrected chi connectivity index (χ3v) is 5.84. The van der Waals surface area contributed by atoms with E-state index in [1.54, 1.807) is 0 Å². The normalized spacial score (nSPS) is 11.3. The van der Waals surface area contributed by atoms with E-state index in [4.69, 9.17) is 10.7 Å². The molecule has 3 heterocycles. The molecule has 0 amide bonds. The molecule has 0 spiro atoms. The van der Waals surface area contributed by atoms with Crippen LogP contribution in [0.4, 0.5) is 11.5 Å². The monoisotopic (exact) mass is 451 g/mol. The summed E-state index contributed by atoms with van der Waals surface area (Å²) in [7, 11) is 0. The summed E-state index contributed by atoms with van der Waals surface area (Å²) >= 11 is 0. The lowest BCUT2D eigenvalue weighted by Gasteiger charge is -2.14. The summed E-state index contributed by atoms with van der Waals surface area (Å²) in [5.74, 6) is 1.69. The van der Waals surface area contributed by atoms with E-state index in [9.17, 15) is 0 Å². The first-order chi connectivity index (χ1) is 15.8. The van der Waals surface area contributed by atoms with Gasteiger partial charge < -0.3 is 11.1 Å². The molecule has 0 saturated heterocycles. The van der Waals surface area contributed by atoms with Gasteiger partial charge in [0, 0.05) is 29.4 Å². The maximum absolute atomic E-state index is 5.85. The number of aromatic nitrogens is 3. The van der Waals surface area contributed by atoms with Crippen LogP contribution in [-0.2, 0) is 6.54 Å². The van der Waals surface area contributed by atoms with Crippen LogP contribution in [0.25, 0.3) is 39.6 Å². The summed E-state index contributed by atoms with van der Waals surface area (Å²) in [6.07, 6.45) is 1.81. The molecule has 0 bridgehead atoms. The molecule has 6 heteroatoms. The lowest BCUT2D eigenvalue weighted by Crippen LogP contribution is -2.02. The average Bonchev–Trinajstić information content (AvgIpc) is 3.19. The minimum Gasteiger partial charge on any atom is -0.338 e. The Morgan fingerprint density at radius 3 is 2.33 bits per heavy atom. The summed E-state index contributed by atoms with van der Waals surface area (Å²) in [6, 6.07) is 31.0. The molecule has 1 aliphatic heterocycles. The second-order valence-corrected chi connectivity index (χ2v) is 7.78. The van der Waals surface area contributed by atoms with Crippen molar-refractivity contribution in [1.29, 1.82) is 0 Å². The van der Waals surface area contributed by atoms with Crippen molar-refractivity contribution in [3.63, 3.8) is 0 Å². The number of benzene rings is 3. The van der Waals surface area contributed by atoms with Crippen molar-refractivity contribution in [1.82, 2.24) is 14.5 Å². The highest BCUT2D eigenvalue weighted by Gasteiger charge is 2.27. The van der Waals surface area contributed by atoms with Crippen LogP contribution in [0.3, 0.4) is 0 Å². The first kappa shape index (κ1) is 20.9. The third-order valence-electron chi connectivity index (χ3n) is 5.84. The number of rotatable bonds is 3. The van der Waals surface area contributed by atoms with E-state index in [2.05, 4.69) is 69.5 Å². The highest BCUT2D eigenvalue weighted by molar-refractivity contribution is 5.90. The van der Waals surface area contributed by atoms with Gasteiger partial charge in [-0.3, -0.25) is 4.57 Å². The molecule has 33 heavy (non-hydrogen) atoms. The van der Waals surface area contributed by atoms with Gasteiger partial charge in [0.1, 0.15) is 5.82 Å². The Kier molecular flexibility index (Phi) is 5.42. The Bertz CT molecular complexity index is 1430. The third kappa shape index (κ3) is 3.48. The molecule has 6 rings (SSSR count). The predicted octanol–water partition coefficient (Wildman–Crippen LogP) is 6.21. The van der Waals surface area contributed by atoms with Crippen LogP contribution in [0.1, 0.15) is 5.56 Å². The zero-order valence-corrected chi connectivity index (χ0v) is 18.6. The standard InChI is InChI=1S/C27H21N5.ClH/c28-17-18-12-14-20(15-13-18)25-24(19-7-2-1-3-8-19)31-27-21-9-4-5-10-22(21)30-26-23(32(25)27)11-6-16-29-26;/h1-16H,17,28H2,(H,29,30);1H. The Balaban J connectivity index is 0.00000228. The number of nitrogens with two attached hydrogens (primary N) is 1. The Labute approximate surface area is 198 Å². The topological polar surface area (TPSA) is 68.8 Å². The van der Waals surface area contributed by atoms with Gasteiger partial charge in [0.15, 0.2) is 5.82 Å². The van der Waals surface area contributed by atoms with Gasteiger partial charge in [0.25, 0.3) is 0 Å². The molecule has 0 fully saturated rings. The fraction of sp³-hybridized carbons (Fsp3) is 0.0370. The number of para-hydroxylation sites is 1. The van der Waals surface area contributed by atoms with E-state index in [1.807, 2.05) is 42.6 Å². The van der Waals surface area contributed by atoms with Crippen molar-refractivity contribution in [3.05, 3.63) is 103 Å². The fourth-order valence-corrected chi connectivity index (χ4v) is 4.29. The van der Waals surface area contributed by atoms with Gasteiger partial charge in [0.05, 0.1) is 22.8 Å². The maximum atomic E-state index is 5.85. The molecule has 0 radical (unpaired) electrons. The summed E-state index contributed by atoms with van der Waals surface area (Å²) < 4.78 is 2.22. The van der Waals surface area contributed by atoms with Crippen LogP contribution in [0.15, 0.2) is 97.2 Å². The van der Waals surface area contributed by atoms with Gasteiger partial charge in [-0.05, 0) is 29.8 Å². The minimum absolute atomic E-state index is 0. The molecule has 3 N–H and O–H groups in total. The second-order valence-electron chi connectivity index (χ2n) is 7.78. The molecule has 162 valence electrons. The van der Waals surface area contributed by atoms with Gasteiger partial charge in [0.2, 0.25) is 0 Å². The van der Waals surface area contributed by atoms with Crippen molar-refractivity contribution in [2.24, 2.45) is 5.73 Å². The average molecular weight is 452 g/mol. The molecule has 0 aliphatic carbocycles. The first-order valence-corrected chi connectivity index (χ1v) is 10.6. The fourth-order valence-electron chi connectivity index (χ4n) is 4.29. The number of imidazole rings is 1. The number of nitrogens with one attached hydrogen (secondary N) is 1. The molecule has 0 saturated carbocycles. The van der Waals surface area contributed by atoms with Crippen molar-refractivity contribution in [2.45, 2.75) is 6.54 Å². The number of halogens is 1. The Morgan fingerprint density at radius 1 is 0.788 bits per heavy atom. The number of hydrogen-bond acceptors (Lipinski definition) is 4. The van der Waals surface area contributed by atoms with Gasteiger partial charge in [-0.15, -0.1) is 12.4 Å². The van der Waals surface area contributed by atoms with E-state index in [0.29, 0.717) is 6.54 Å². The van der Waals surface area contributed by atoms with E-state index in [0.717, 1.165) is 56.7 Å². The van der Waals surface area contributed by atoms with Gasteiger partial charge >= 0.3 is 0 Å². The predicted molar refractivity (Wildman–Crippen MR) is 136 cm³/mol. The number of hydrogen-bond donors (Lipinski definition) is 2. The van der Waals surface area contributed by atoms with Gasteiger partial charge in [-0.2, -0.15) is 0 Å². The van der Waals surface area contributed by atoms with E-state index in [-0.39, 0.29) is 12.4 Å². The first-order valence-electron chi connectivity index (χ1n) is 10.6. The SMILES string of the molecule is Cl.NCc1ccc(-c2c(-c3ccccc3)nc3n2-c2cccnc2Nc2ccccc2-3)cc1. The van der Waals surface area contributed by atoms with Crippen LogP contribution in [-0.4, -0.2) is 14.5 Å². The lowest BCUT2D eigenvalue weighted by atomic mass is 10.0. The van der Waals surface area contributed by atoms with Crippen LogP contribution in [0.5, 0.6) is 0 Å². The smallest absolute Gasteiger partial charge is 0.154 e. The van der Waals surface area contributed by atoms with Crippen LogP contribution >= 0.6 is 12.4 Å². The molecule has 2 aromatic heterocycles. The van der Waals surface area contributed by atoms with Crippen LogP contribution in [0, 0.1) is 0 Å². The second kappa shape index (κ2) is 8.54. The lowest BCUT2D eigenvalue weighted by molar-refractivity contribution is 1.06. The van der Waals surface area contributed by atoms with Crippen molar-refractivity contribution in [3.8, 4) is 39.6 Å². The molecule has 5 aromatic rings. The number of anilines is 2. The molecular formula is C27H22ClN5. The van der Waals surface area contributed by atoms with Crippen LogP contribution in [0.2, 0.25) is 0 Å². The Hall–Kier alpha value is -3.93. The highest BCUT2D eigenvalue weighted by Crippen LogP contribution is 2.44. The quantitative estimate of drug-likeness (QED) is 0.336. The van der Waals surface area contributed by atoms with Crippen molar-refractivity contribution < 1.29 is 0 Å². The summed E-state index contributed by atoms with van der Waals surface area (Å²) in [5, 5.41) is 3.50.